The van der Waals surface area contributed by atoms with E-state index >= 15 is 0 Å². The van der Waals surface area contributed by atoms with Gasteiger partial charge in [0.15, 0.2) is 5.72 Å². The lowest BCUT2D eigenvalue weighted by atomic mass is 9.99. The van der Waals surface area contributed by atoms with Crippen LogP contribution in [0.15, 0.2) is 41.5 Å². The second-order valence-electron chi connectivity index (χ2n) is 5.46. The van der Waals surface area contributed by atoms with Crippen molar-refractivity contribution in [3.8, 4) is 11.8 Å². The summed E-state index contributed by atoms with van der Waals surface area (Å²) in [5.41, 5.74) is 0.461. The molecule has 2 aromatic rings. The molecular weight excluding hydrogens is 296 g/mol. The molecule has 2 heterocycles. The van der Waals surface area contributed by atoms with E-state index in [1.54, 1.807) is 32.2 Å². The molecule has 0 saturated heterocycles. The topological polar surface area (TPSA) is 101 Å². The number of nitriles is 1. The van der Waals surface area contributed by atoms with Crippen LogP contribution in [0.4, 0.5) is 5.69 Å². The molecule has 7 heteroatoms. The van der Waals surface area contributed by atoms with E-state index in [9.17, 15) is 15.4 Å². The number of fused-ring (bicyclic) bond motifs is 1. The van der Waals surface area contributed by atoms with Crippen LogP contribution in [0.25, 0.3) is 0 Å². The Bertz CT molecular complexity index is 867. The van der Waals surface area contributed by atoms with Crippen molar-refractivity contribution < 1.29 is 9.66 Å². The number of nitro groups is 1. The van der Waals surface area contributed by atoms with Crippen molar-refractivity contribution in [2.45, 2.75) is 19.6 Å². The number of hydrogen-bond acceptors (Lipinski definition) is 6. The maximum atomic E-state index is 11.1. The SMILES string of the molecule is CC1(C)N=C(c2ccccn2)c2cc(C#N)c([N+](=O)[O-])cc2O1. The number of pyridine rings is 1. The maximum absolute atomic E-state index is 11.1. The first-order chi connectivity index (χ1) is 10.9. The van der Waals surface area contributed by atoms with Gasteiger partial charge in [-0.15, -0.1) is 0 Å². The van der Waals surface area contributed by atoms with Crippen molar-refractivity contribution in [3.05, 3.63) is 63.5 Å². The Morgan fingerprint density at radius 1 is 1.35 bits per heavy atom. The number of hydrogen-bond donors (Lipinski definition) is 0. The van der Waals surface area contributed by atoms with Gasteiger partial charge in [-0.1, -0.05) is 6.07 Å². The lowest BCUT2D eigenvalue weighted by Crippen LogP contribution is -2.32. The summed E-state index contributed by atoms with van der Waals surface area (Å²) in [6.45, 7) is 3.51. The number of rotatable bonds is 2. The number of nitrogens with zero attached hydrogens (tertiary/aromatic N) is 4. The largest absolute Gasteiger partial charge is 0.466 e. The van der Waals surface area contributed by atoms with Crippen molar-refractivity contribution in [1.82, 2.24) is 4.98 Å². The Hall–Kier alpha value is -3.27. The van der Waals surface area contributed by atoms with Gasteiger partial charge in [0.2, 0.25) is 0 Å². The third kappa shape index (κ3) is 2.62. The molecule has 23 heavy (non-hydrogen) atoms. The minimum absolute atomic E-state index is 0.0410. The summed E-state index contributed by atoms with van der Waals surface area (Å²) in [7, 11) is 0. The Morgan fingerprint density at radius 2 is 2.13 bits per heavy atom. The van der Waals surface area contributed by atoms with Gasteiger partial charge in [-0.05, 0) is 32.0 Å². The standard InChI is InChI=1S/C16H12N4O3/c1-16(2)19-15(12-5-3-4-6-18-12)11-7-10(9-17)13(20(21)22)8-14(11)23-16/h3-8H,1-2H3. The van der Waals surface area contributed by atoms with Crippen molar-refractivity contribution in [2.75, 3.05) is 0 Å². The molecule has 0 unspecified atom stereocenters. The van der Waals surface area contributed by atoms with Crippen LogP contribution in [-0.2, 0) is 0 Å². The zero-order valence-electron chi connectivity index (χ0n) is 12.5. The number of nitro benzene ring substituents is 1. The van der Waals surface area contributed by atoms with Crippen molar-refractivity contribution in [3.63, 3.8) is 0 Å². The molecule has 0 atom stereocenters. The molecule has 1 aromatic carbocycles. The summed E-state index contributed by atoms with van der Waals surface area (Å²) < 4.78 is 5.73. The molecule has 0 radical (unpaired) electrons. The molecule has 114 valence electrons. The quantitative estimate of drug-likeness (QED) is 0.627. The van der Waals surface area contributed by atoms with E-state index in [1.807, 2.05) is 12.1 Å². The van der Waals surface area contributed by atoms with E-state index in [0.717, 1.165) is 0 Å². The Morgan fingerprint density at radius 3 is 2.74 bits per heavy atom. The normalized spacial score (nSPS) is 14.9. The van der Waals surface area contributed by atoms with Crippen molar-refractivity contribution in [1.29, 1.82) is 5.26 Å². The number of benzene rings is 1. The smallest absolute Gasteiger partial charge is 0.290 e. The third-order valence-electron chi connectivity index (χ3n) is 3.32. The summed E-state index contributed by atoms with van der Waals surface area (Å²) >= 11 is 0. The highest BCUT2D eigenvalue weighted by atomic mass is 16.6. The fraction of sp³-hybridized carbons (Fsp3) is 0.188. The lowest BCUT2D eigenvalue weighted by molar-refractivity contribution is -0.385. The summed E-state index contributed by atoms with van der Waals surface area (Å²) in [5.74, 6) is 0.316. The zero-order valence-corrected chi connectivity index (χ0v) is 12.5. The van der Waals surface area contributed by atoms with Crippen molar-refractivity contribution >= 4 is 11.4 Å². The predicted octanol–water partition coefficient (Wildman–Crippen LogP) is 2.83. The second-order valence-corrected chi connectivity index (χ2v) is 5.46. The van der Waals surface area contributed by atoms with Gasteiger partial charge in [0.25, 0.3) is 5.69 Å². The molecule has 1 aliphatic rings. The highest BCUT2D eigenvalue weighted by molar-refractivity contribution is 6.14. The average Bonchev–Trinajstić information content (AvgIpc) is 2.53. The van der Waals surface area contributed by atoms with E-state index in [1.165, 1.54) is 12.1 Å². The predicted molar refractivity (Wildman–Crippen MR) is 82.4 cm³/mol. The van der Waals surface area contributed by atoms with Gasteiger partial charge in [-0.25, -0.2) is 4.99 Å². The monoisotopic (exact) mass is 308 g/mol. The second kappa shape index (κ2) is 5.18. The first-order valence-electron chi connectivity index (χ1n) is 6.84. The minimum Gasteiger partial charge on any atom is -0.466 e. The van der Waals surface area contributed by atoms with E-state index in [0.29, 0.717) is 22.7 Å². The third-order valence-corrected chi connectivity index (χ3v) is 3.32. The fourth-order valence-corrected chi connectivity index (χ4v) is 2.40. The molecule has 0 fully saturated rings. The molecule has 0 bridgehead atoms. The lowest BCUT2D eigenvalue weighted by Gasteiger charge is -2.29. The van der Waals surface area contributed by atoms with E-state index in [4.69, 9.17) is 4.74 Å². The highest BCUT2D eigenvalue weighted by Gasteiger charge is 2.32. The first-order valence-corrected chi connectivity index (χ1v) is 6.84. The van der Waals surface area contributed by atoms with Gasteiger partial charge < -0.3 is 4.74 Å². The Balaban J connectivity index is 2.27. The molecule has 1 aromatic heterocycles. The maximum Gasteiger partial charge on any atom is 0.290 e. The molecule has 0 aliphatic carbocycles. The fourth-order valence-electron chi connectivity index (χ4n) is 2.40. The molecule has 3 rings (SSSR count). The van der Waals surface area contributed by atoms with E-state index in [-0.39, 0.29) is 11.3 Å². The summed E-state index contributed by atoms with van der Waals surface area (Å²) in [5, 5.41) is 20.3. The van der Waals surface area contributed by atoms with E-state index < -0.39 is 10.6 Å². The molecule has 7 nitrogen and oxygen atoms in total. The number of aromatic nitrogens is 1. The minimum atomic E-state index is -0.887. The highest BCUT2D eigenvalue weighted by Crippen LogP contribution is 2.36. The Labute approximate surface area is 132 Å². The van der Waals surface area contributed by atoms with Gasteiger partial charge in [0.1, 0.15) is 17.4 Å². The van der Waals surface area contributed by atoms with Crippen LogP contribution in [0.1, 0.15) is 30.7 Å². The van der Waals surface area contributed by atoms with Crippen LogP contribution in [0.2, 0.25) is 0 Å². The first kappa shape index (κ1) is 14.7. The van der Waals surface area contributed by atoms with Crippen LogP contribution < -0.4 is 4.74 Å². The van der Waals surface area contributed by atoms with Crippen LogP contribution in [0.5, 0.6) is 5.75 Å². The molecule has 1 aliphatic heterocycles. The van der Waals surface area contributed by atoms with Crippen LogP contribution in [0.3, 0.4) is 0 Å². The molecule has 0 amide bonds. The van der Waals surface area contributed by atoms with Crippen LogP contribution in [-0.4, -0.2) is 21.3 Å². The number of aliphatic imine (C=N–C) groups is 1. The molecule has 0 spiro atoms. The molecular formula is C16H12N4O3. The summed E-state index contributed by atoms with van der Waals surface area (Å²) in [6, 6.07) is 9.94. The van der Waals surface area contributed by atoms with Gasteiger partial charge in [-0.2, -0.15) is 5.26 Å². The molecule has 0 N–H and O–H groups in total. The van der Waals surface area contributed by atoms with Gasteiger partial charge >= 0.3 is 0 Å². The average molecular weight is 308 g/mol. The zero-order chi connectivity index (χ0) is 16.6. The van der Waals surface area contributed by atoms with E-state index in [2.05, 4.69) is 9.98 Å². The summed E-state index contributed by atoms with van der Waals surface area (Å²) in [6.07, 6.45) is 1.64. The van der Waals surface area contributed by atoms with Crippen LogP contribution >= 0.6 is 0 Å². The molecule has 0 saturated carbocycles. The van der Waals surface area contributed by atoms with Gasteiger partial charge in [0, 0.05) is 11.8 Å². The Kier molecular flexibility index (Phi) is 3.30. The van der Waals surface area contributed by atoms with Gasteiger partial charge in [0.05, 0.1) is 22.4 Å². The summed E-state index contributed by atoms with van der Waals surface area (Å²) in [4.78, 5) is 19.3. The van der Waals surface area contributed by atoms with Crippen LogP contribution in [0, 0.1) is 21.4 Å². The van der Waals surface area contributed by atoms with Crippen molar-refractivity contribution in [2.24, 2.45) is 4.99 Å². The van der Waals surface area contributed by atoms with Gasteiger partial charge in [-0.3, -0.25) is 15.1 Å². The number of ether oxygens (including phenoxy) is 1.